The fourth-order valence-corrected chi connectivity index (χ4v) is 3.50. The molecule has 1 unspecified atom stereocenters. The monoisotopic (exact) mass is 350 g/mol. The van der Waals surface area contributed by atoms with E-state index in [-0.39, 0.29) is 21.4 Å². The van der Waals surface area contributed by atoms with Crippen LogP contribution >= 0.6 is 15.9 Å². The van der Waals surface area contributed by atoms with Crippen LogP contribution in [0.15, 0.2) is 20.0 Å². The van der Waals surface area contributed by atoms with Crippen molar-refractivity contribution in [3.8, 4) is 0 Å². The summed E-state index contributed by atoms with van der Waals surface area (Å²) in [6.07, 6.45) is 3.39. The van der Waals surface area contributed by atoms with Gasteiger partial charge in [-0.3, -0.25) is 4.79 Å². The minimum atomic E-state index is -3.91. The molecule has 2 rings (SSSR count). The average molecular weight is 351 g/mol. The lowest BCUT2D eigenvalue weighted by Gasteiger charge is -2.31. The van der Waals surface area contributed by atoms with E-state index >= 15 is 0 Å². The highest BCUT2D eigenvalue weighted by atomic mass is 79.9. The number of rotatable bonds is 4. The number of nitrogens with two attached hydrogens (primary N) is 1. The Kier molecular flexibility index (Phi) is 4.03. The van der Waals surface area contributed by atoms with Crippen LogP contribution in [-0.2, 0) is 10.0 Å². The number of carbonyl (C=O) groups excluding carboxylic acids is 1. The fraction of sp³-hybridized carbons (Fsp3) is 0.545. The highest BCUT2D eigenvalue weighted by Gasteiger charge is 2.27. The van der Waals surface area contributed by atoms with E-state index in [0.717, 1.165) is 18.9 Å². The topological polar surface area (TPSA) is 102 Å². The quantitative estimate of drug-likeness (QED) is 0.860. The van der Waals surface area contributed by atoms with Crippen LogP contribution in [-0.4, -0.2) is 20.4 Å². The average Bonchev–Trinajstić information content (AvgIpc) is 2.56. The third-order valence-corrected chi connectivity index (χ3v) is 5.17. The first-order valence-corrected chi connectivity index (χ1v) is 8.26. The molecule has 3 N–H and O–H groups in total. The van der Waals surface area contributed by atoms with Gasteiger partial charge in [0, 0.05) is 12.1 Å². The zero-order valence-electron chi connectivity index (χ0n) is 10.3. The molecule has 106 valence electrons. The van der Waals surface area contributed by atoms with Gasteiger partial charge in [0.1, 0.15) is 4.90 Å². The van der Waals surface area contributed by atoms with Crippen LogP contribution in [0.1, 0.15) is 36.7 Å². The summed E-state index contributed by atoms with van der Waals surface area (Å²) in [5, 5.41) is 7.80. The Hall–Kier alpha value is -0.860. The third kappa shape index (κ3) is 3.18. The lowest BCUT2D eigenvalue weighted by Crippen LogP contribution is -2.40. The Morgan fingerprint density at radius 2 is 2.21 bits per heavy atom. The number of carbonyl (C=O) groups is 1. The summed E-state index contributed by atoms with van der Waals surface area (Å²) in [5.41, 5.74) is 0. The van der Waals surface area contributed by atoms with Crippen molar-refractivity contribution in [3.63, 3.8) is 0 Å². The molecular weight excluding hydrogens is 336 g/mol. The number of furan rings is 1. The largest absolute Gasteiger partial charge is 0.443 e. The molecule has 0 bridgehead atoms. The van der Waals surface area contributed by atoms with Gasteiger partial charge in [0.2, 0.25) is 10.0 Å². The molecule has 1 aromatic heterocycles. The van der Waals surface area contributed by atoms with Crippen molar-refractivity contribution in [2.24, 2.45) is 11.1 Å². The van der Waals surface area contributed by atoms with Crippen LogP contribution in [0.5, 0.6) is 0 Å². The van der Waals surface area contributed by atoms with Gasteiger partial charge in [-0.05, 0) is 41.6 Å². The number of hydrogen-bond acceptors (Lipinski definition) is 4. The van der Waals surface area contributed by atoms with Crippen molar-refractivity contribution < 1.29 is 17.6 Å². The molecule has 1 amide bonds. The molecule has 1 atom stereocenters. The van der Waals surface area contributed by atoms with Gasteiger partial charge in [-0.1, -0.05) is 6.42 Å². The molecule has 1 fully saturated rings. The van der Waals surface area contributed by atoms with E-state index in [0.29, 0.717) is 5.92 Å². The first kappa shape index (κ1) is 14.5. The summed E-state index contributed by atoms with van der Waals surface area (Å²) in [6, 6.07) is 1.17. The highest BCUT2D eigenvalue weighted by molar-refractivity contribution is 9.10. The molecule has 0 aromatic carbocycles. The molecule has 0 radical (unpaired) electrons. The summed E-state index contributed by atoms with van der Waals surface area (Å²) >= 11 is 2.94. The van der Waals surface area contributed by atoms with E-state index in [4.69, 9.17) is 9.56 Å². The normalized spacial score (nSPS) is 17.8. The number of hydrogen-bond donors (Lipinski definition) is 2. The first-order valence-electron chi connectivity index (χ1n) is 5.92. The van der Waals surface area contributed by atoms with Gasteiger partial charge in [-0.2, -0.15) is 0 Å². The zero-order valence-corrected chi connectivity index (χ0v) is 12.8. The predicted octanol–water partition coefficient (Wildman–Crippen LogP) is 1.61. The second kappa shape index (κ2) is 5.26. The molecular formula is C11H15BrN2O4S. The van der Waals surface area contributed by atoms with Crippen LogP contribution < -0.4 is 10.5 Å². The number of sulfonamides is 1. The van der Waals surface area contributed by atoms with Gasteiger partial charge >= 0.3 is 0 Å². The van der Waals surface area contributed by atoms with Gasteiger partial charge in [0.25, 0.3) is 5.91 Å². The van der Waals surface area contributed by atoms with E-state index in [1.54, 1.807) is 0 Å². The Labute approximate surface area is 119 Å². The minimum Gasteiger partial charge on any atom is -0.443 e. The van der Waals surface area contributed by atoms with Crippen molar-refractivity contribution in [2.45, 2.75) is 37.1 Å². The maximum Gasteiger partial charge on any atom is 0.287 e. The number of primary sulfonamides is 1. The molecule has 1 aromatic rings. The zero-order chi connectivity index (χ0) is 14.2. The summed E-state index contributed by atoms with van der Waals surface area (Å²) in [4.78, 5) is 11.7. The van der Waals surface area contributed by atoms with Gasteiger partial charge in [0.05, 0.1) is 0 Å². The number of nitrogens with one attached hydrogen (secondary N) is 1. The summed E-state index contributed by atoms with van der Waals surface area (Å²) in [6.45, 7) is 1.93. The Balaban J connectivity index is 2.11. The van der Waals surface area contributed by atoms with Crippen molar-refractivity contribution in [3.05, 3.63) is 16.5 Å². The molecule has 1 aliphatic rings. The molecule has 0 saturated heterocycles. The Morgan fingerprint density at radius 1 is 1.58 bits per heavy atom. The van der Waals surface area contributed by atoms with E-state index in [9.17, 15) is 13.2 Å². The van der Waals surface area contributed by atoms with E-state index in [1.165, 1.54) is 6.42 Å². The minimum absolute atomic E-state index is 0.0445. The van der Waals surface area contributed by atoms with Crippen LogP contribution in [0, 0.1) is 5.92 Å². The second-order valence-electron chi connectivity index (χ2n) is 4.75. The maximum absolute atomic E-state index is 11.9. The Morgan fingerprint density at radius 3 is 2.63 bits per heavy atom. The van der Waals surface area contributed by atoms with E-state index < -0.39 is 15.9 Å². The fourth-order valence-electron chi connectivity index (χ4n) is 1.99. The van der Waals surface area contributed by atoms with Gasteiger partial charge < -0.3 is 9.73 Å². The van der Waals surface area contributed by atoms with Crippen molar-refractivity contribution in [2.75, 3.05) is 0 Å². The molecule has 19 heavy (non-hydrogen) atoms. The van der Waals surface area contributed by atoms with Gasteiger partial charge in [-0.15, -0.1) is 0 Å². The predicted molar refractivity (Wildman–Crippen MR) is 72.1 cm³/mol. The van der Waals surface area contributed by atoms with Gasteiger partial charge in [-0.25, -0.2) is 13.6 Å². The van der Waals surface area contributed by atoms with Crippen molar-refractivity contribution in [1.29, 1.82) is 0 Å². The van der Waals surface area contributed by atoms with Crippen molar-refractivity contribution >= 4 is 31.9 Å². The van der Waals surface area contributed by atoms with Crippen LogP contribution in [0.4, 0.5) is 0 Å². The number of halogens is 1. The van der Waals surface area contributed by atoms with Gasteiger partial charge in [0.15, 0.2) is 10.4 Å². The second-order valence-corrected chi connectivity index (χ2v) is 7.00. The Bertz CT molecular complexity index is 592. The van der Waals surface area contributed by atoms with Crippen LogP contribution in [0.3, 0.4) is 0 Å². The molecule has 1 aliphatic carbocycles. The maximum atomic E-state index is 11.9. The van der Waals surface area contributed by atoms with E-state index in [1.807, 2.05) is 6.92 Å². The smallest absolute Gasteiger partial charge is 0.287 e. The molecule has 1 saturated carbocycles. The summed E-state index contributed by atoms with van der Waals surface area (Å²) < 4.78 is 27.5. The standard InChI is InChI=1S/C11H15BrN2O4S/c1-6(7-3-2-4-7)14-11(15)8-5-9(10(12)18-8)19(13,16)17/h5-7H,2-4H2,1H3,(H,14,15)(H2,13,16,17). The molecule has 6 nitrogen and oxygen atoms in total. The lowest BCUT2D eigenvalue weighted by atomic mass is 9.80. The summed E-state index contributed by atoms with van der Waals surface area (Å²) in [5.74, 6) is -0.0165. The number of amides is 1. The highest BCUT2D eigenvalue weighted by Crippen LogP contribution is 2.30. The van der Waals surface area contributed by atoms with E-state index in [2.05, 4.69) is 21.2 Å². The van der Waals surface area contributed by atoms with Crippen molar-refractivity contribution in [1.82, 2.24) is 5.32 Å². The molecule has 0 aliphatic heterocycles. The molecule has 1 heterocycles. The third-order valence-electron chi connectivity index (χ3n) is 3.40. The molecule has 0 spiro atoms. The van der Waals surface area contributed by atoms with Crippen LogP contribution in [0.25, 0.3) is 0 Å². The molecule has 8 heteroatoms. The SMILES string of the molecule is CC(NC(=O)c1cc(S(N)(=O)=O)c(Br)o1)C1CCC1. The van der Waals surface area contributed by atoms with Crippen LogP contribution in [0.2, 0.25) is 0 Å². The lowest BCUT2D eigenvalue weighted by molar-refractivity contribution is 0.0880. The summed E-state index contributed by atoms with van der Waals surface area (Å²) in [7, 11) is -3.91. The first-order chi connectivity index (χ1) is 8.79.